The predicted molar refractivity (Wildman–Crippen MR) is 76.8 cm³/mol. The Kier molecular flexibility index (Phi) is 3.27. The normalized spacial score (nSPS) is 11.6. The summed E-state index contributed by atoms with van der Waals surface area (Å²) in [6, 6.07) is 5.70. The summed E-state index contributed by atoms with van der Waals surface area (Å²) in [4.78, 5) is 11.3. The van der Waals surface area contributed by atoms with Gasteiger partial charge < -0.3 is 4.74 Å². The quantitative estimate of drug-likeness (QED) is 0.872. The molecule has 19 heavy (non-hydrogen) atoms. The van der Waals surface area contributed by atoms with Crippen LogP contribution in [0.25, 0.3) is 11.3 Å². The Bertz CT molecular complexity index is 645. The minimum absolute atomic E-state index is 0.0251. The fourth-order valence-corrected chi connectivity index (χ4v) is 2.23. The van der Waals surface area contributed by atoms with E-state index in [0.717, 1.165) is 28.1 Å². The molecule has 0 atom stereocenters. The smallest absolute Gasteiger partial charge is 0.264 e. The van der Waals surface area contributed by atoms with E-state index < -0.39 is 0 Å². The molecule has 1 aromatic heterocycles. The summed E-state index contributed by atoms with van der Waals surface area (Å²) in [6.45, 7) is 8.48. The fraction of sp³-hybridized carbons (Fsp3) is 0.400. The van der Waals surface area contributed by atoms with Crippen LogP contribution in [-0.2, 0) is 5.41 Å². The summed E-state index contributed by atoms with van der Waals surface area (Å²) in [5, 5.41) is 5.44. The summed E-state index contributed by atoms with van der Waals surface area (Å²) in [6.07, 6.45) is 0. The maximum atomic E-state index is 11.3. The van der Waals surface area contributed by atoms with Crippen molar-refractivity contribution in [3.8, 4) is 17.0 Å². The average molecular weight is 260 g/mol. The maximum Gasteiger partial charge on any atom is 0.264 e. The number of H-pyrrole nitrogens is 2. The highest BCUT2D eigenvalue weighted by Gasteiger charge is 2.22. The van der Waals surface area contributed by atoms with Crippen molar-refractivity contribution in [1.82, 2.24) is 10.2 Å². The highest BCUT2D eigenvalue weighted by molar-refractivity contribution is 5.71. The molecule has 1 heterocycles. The van der Waals surface area contributed by atoms with Gasteiger partial charge in [0.1, 0.15) is 5.75 Å². The number of methoxy groups -OCH3 is 1. The van der Waals surface area contributed by atoms with Crippen molar-refractivity contribution < 1.29 is 4.74 Å². The van der Waals surface area contributed by atoms with E-state index in [4.69, 9.17) is 4.74 Å². The number of ether oxygens (including phenoxy) is 1. The van der Waals surface area contributed by atoms with Gasteiger partial charge in [-0.05, 0) is 24.0 Å². The molecule has 0 spiro atoms. The fourth-order valence-electron chi connectivity index (χ4n) is 2.23. The van der Waals surface area contributed by atoms with Crippen molar-refractivity contribution in [2.75, 3.05) is 7.11 Å². The number of nitrogens with one attached hydrogen (secondary N) is 2. The number of hydrogen-bond donors (Lipinski definition) is 2. The second-order valence-electron chi connectivity index (χ2n) is 5.82. The topological polar surface area (TPSA) is 57.9 Å². The third-order valence-electron chi connectivity index (χ3n) is 3.13. The lowest BCUT2D eigenvalue weighted by Crippen LogP contribution is -2.13. The van der Waals surface area contributed by atoms with Crippen molar-refractivity contribution in [2.45, 2.75) is 33.1 Å². The zero-order chi connectivity index (χ0) is 14.2. The van der Waals surface area contributed by atoms with Crippen LogP contribution in [0.1, 0.15) is 31.9 Å². The van der Waals surface area contributed by atoms with Crippen LogP contribution in [0.4, 0.5) is 0 Å². The highest BCUT2D eigenvalue weighted by atomic mass is 16.5. The monoisotopic (exact) mass is 260 g/mol. The molecule has 0 unspecified atom stereocenters. The summed E-state index contributed by atoms with van der Waals surface area (Å²) >= 11 is 0. The number of hydrogen-bond acceptors (Lipinski definition) is 2. The molecule has 0 radical (unpaired) electrons. The summed E-state index contributed by atoms with van der Waals surface area (Å²) in [7, 11) is 1.66. The summed E-state index contributed by atoms with van der Waals surface area (Å²) < 4.78 is 5.59. The van der Waals surface area contributed by atoms with Crippen LogP contribution in [0.3, 0.4) is 0 Å². The van der Waals surface area contributed by atoms with E-state index in [2.05, 4.69) is 37.0 Å². The Balaban J connectivity index is 2.74. The molecule has 0 aliphatic rings. The summed E-state index contributed by atoms with van der Waals surface area (Å²) in [5.41, 5.74) is 3.76. The molecule has 0 saturated carbocycles. The van der Waals surface area contributed by atoms with Gasteiger partial charge in [0.15, 0.2) is 0 Å². The van der Waals surface area contributed by atoms with Gasteiger partial charge in [-0.25, -0.2) is 0 Å². The first-order valence-electron chi connectivity index (χ1n) is 6.30. The zero-order valence-corrected chi connectivity index (χ0v) is 12.0. The Hall–Kier alpha value is -1.97. The van der Waals surface area contributed by atoms with Crippen LogP contribution in [0.2, 0.25) is 0 Å². The van der Waals surface area contributed by atoms with E-state index in [0.29, 0.717) is 0 Å². The highest BCUT2D eigenvalue weighted by Crippen LogP contribution is 2.39. The molecule has 4 nitrogen and oxygen atoms in total. The Morgan fingerprint density at radius 2 is 1.79 bits per heavy atom. The molecule has 0 saturated heterocycles. The van der Waals surface area contributed by atoms with Crippen LogP contribution in [0.5, 0.6) is 5.75 Å². The molecule has 2 N–H and O–H groups in total. The van der Waals surface area contributed by atoms with Gasteiger partial charge in [-0.3, -0.25) is 15.0 Å². The number of benzene rings is 1. The maximum absolute atomic E-state index is 11.3. The second-order valence-corrected chi connectivity index (χ2v) is 5.82. The van der Waals surface area contributed by atoms with Gasteiger partial charge in [-0.2, -0.15) is 0 Å². The van der Waals surface area contributed by atoms with Gasteiger partial charge >= 0.3 is 0 Å². The van der Waals surface area contributed by atoms with E-state index in [9.17, 15) is 4.79 Å². The van der Waals surface area contributed by atoms with Gasteiger partial charge in [0.05, 0.1) is 12.8 Å². The van der Waals surface area contributed by atoms with E-state index in [-0.39, 0.29) is 11.0 Å². The Labute approximate surface area is 112 Å². The molecule has 2 rings (SSSR count). The average Bonchev–Trinajstić information content (AvgIpc) is 2.73. The van der Waals surface area contributed by atoms with Gasteiger partial charge in [-0.15, -0.1) is 0 Å². The molecule has 0 amide bonds. The molecular formula is C15H20N2O2. The number of aryl methyl sites for hydroxylation is 1. The molecule has 1 aromatic carbocycles. The van der Waals surface area contributed by atoms with Crippen LogP contribution in [0.15, 0.2) is 23.0 Å². The predicted octanol–water partition coefficient (Wildman–Crippen LogP) is 2.98. The first-order chi connectivity index (χ1) is 8.82. The number of aromatic nitrogens is 2. The van der Waals surface area contributed by atoms with Crippen molar-refractivity contribution >= 4 is 0 Å². The minimum atomic E-state index is -0.143. The lowest BCUT2D eigenvalue weighted by Gasteiger charge is -2.24. The van der Waals surface area contributed by atoms with Crippen LogP contribution >= 0.6 is 0 Å². The van der Waals surface area contributed by atoms with E-state index in [1.165, 1.54) is 0 Å². The number of aromatic amines is 2. The molecule has 102 valence electrons. The van der Waals surface area contributed by atoms with Gasteiger partial charge in [0.25, 0.3) is 5.56 Å². The van der Waals surface area contributed by atoms with Crippen LogP contribution in [0, 0.1) is 6.92 Å². The van der Waals surface area contributed by atoms with Gasteiger partial charge in [0, 0.05) is 17.2 Å². The van der Waals surface area contributed by atoms with Gasteiger partial charge in [-0.1, -0.05) is 26.8 Å². The molecular weight excluding hydrogens is 240 g/mol. The van der Waals surface area contributed by atoms with Crippen molar-refractivity contribution in [3.63, 3.8) is 0 Å². The van der Waals surface area contributed by atoms with E-state index in [1.807, 2.05) is 13.0 Å². The SMILES string of the molecule is COc1c(-c2cc(=O)[nH][nH]2)cc(C)cc1C(C)(C)C. The third-order valence-corrected chi connectivity index (χ3v) is 3.13. The Morgan fingerprint density at radius 3 is 2.26 bits per heavy atom. The summed E-state index contributed by atoms with van der Waals surface area (Å²) in [5.74, 6) is 0.813. The molecule has 0 bridgehead atoms. The molecule has 0 aliphatic heterocycles. The van der Waals surface area contributed by atoms with Crippen molar-refractivity contribution in [2.24, 2.45) is 0 Å². The third kappa shape index (κ3) is 2.57. The molecule has 0 fully saturated rings. The first-order valence-corrected chi connectivity index (χ1v) is 6.30. The van der Waals surface area contributed by atoms with Gasteiger partial charge in [0.2, 0.25) is 0 Å². The van der Waals surface area contributed by atoms with Crippen molar-refractivity contribution in [3.05, 3.63) is 39.7 Å². The largest absolute Gasteiger partial charge is 0.496 e. The Morgan fingerprint density at radius 1 is 1.11 bits per heavy atom. The minimum Gasteiger partial charge on any atom is -0.496 e. The van der Waals surface area contributed by atoms with Crippen molar-refractivity contribution in [1.29, 1.82) is 0 Å². The van der Waals surface area contributed by atoms with E-state index >= 15 is 0 Å². The molecule has 4 heteroatoms. The first kappa shape index (κ1) is 13.5. The standard InChI is InChI=1S/C15H20N2O2/c1-9-6-10(12-8-13(18)17-16-12)14(19-5)11(7-9)15(2,3)4/h6-8H,1-5H3,(H2,16,17,18). The molecule has 2 aromatic rings. The number of rotatable bonds is 2. The zero-order valence-electron chi connectivity index (χ0n) is 12.0. The lowest BCUT2D eigenvalue weighted by molar-refractivity contribution is 0.399. The van der Waals surface area contributed by atoms with Crippen LogP contribution < -0.4 is 10.3 Å². The lowest BCUT2D eigenvalue weighted by atomic mass is 9.83. The van der Waals surface area contributed by atoms with Crippen LogP contribution in [-0.4, -0.2) is 17.3 Å². The molecule has 0 aliphatic carbocycles. The van der Waals surface area contributed by atoms with E-state index in [1.54, 1.807) is 13.2 Å². The second kappa shape index (κ2) is 4.61.